The van der Waals surface area contributed by atoms with E-state index < -0.39 is 0 Å². The van der Waals surface area contributed by atoms with Crippen LogP contribution in [0.4, 0.5) is 4.79 Å². The lowest BCUT2D eigenvalue weighted by Gasteiger charge is -2.61. The summed E-state index contributed by atoms with van der Waals surface area (Å²) in [6.45, 7) is 4.59. The highest BCUT2D eigenvalue weighted by Crippen LogP contribution is 2.57. The number of aliphatic hydroxyl groups is 1. The lowest BCUT2D eigenvalue weighted by molar-refractivity contribution is -0.170. The van der Waals surface area contributed by atoms with Crippen LogP contribution in [0.5, 0.6) is 0 Å². The van der Waals surface area contributed by atoms with Gasteiger partial charge in [0.25, 0.3) is 0 Å². The number of aliphatic hydroxyl groups excluding tert-OH is 1. The largest absolute Gasteiger partial charge is 0.394 e. The van der Waals surface area contributed by atoms with E-state index in [-0.39, 0.29) is 30.1 Å². The fraction of sp³-hybridized carbons (Fsp3) is 0.929. The standard InChI is InChI=1S/C14H26N2O3/c1-4-19-12-8-11(14(12)6-5-7-14)15-13(18)16(3)10(2)9-17/h10-12,17H,4-9H2,1-3H3,(H,15,18). The molecule has 2 aliphatic carbocycles. The third kappa shape index (κ3) is 2.46. The third-order valence-electron chi connectivity index (χ3n) is 4.98. The van der Waals surface area contributed by atoms with Crippen LogP contribution in [0.25, 0.3) is 0 Å². The zero-order valence-electron chi connectivity index (χ0n) is 12.2. The number of urea groups is 1. The van der Waals surface area contributed by atoms with Gasteiger partial charge in [0, 0.05) is 25.1 Å². The van der Waals surface area contributed by atoms with Crippen molar-refractivity contribution in [1.82, 2.24) is 10.2 Å². The van der Waals surface area contributed by atoms with E-state index in [0.29, 0.717) is 6.10 Å². The van der Waals surface area contributed by atoms with Gasteiger partial charge in [-0.2, -0.15) is 0 Å². The number of nitrogens with zero attached hydrogens (tertiary/aromatic N) is 1. The van der Waals surface area contributed by atoms with Gasteiger partial charge in [-0.3, -0.25) is 0 Å². The number of likely N-dealkylation sites (N-methyl/N-ethyl adjacent to an activating group) is 1. The van der Waals surface area contributed by atoms with Crippen LogP contribution in [0.2, 0.25) is 0 Å². The Hall–Kier alpha value is -0.810. The van der Waals surface area contributed by atoms with Crippen molar-refractivity contribution in [2.45, 2.75) is 57.7 Å². The van der Waals surface area contributed by atoms with Gasteiger partial charge < -0.3 is 20.1 Å². The second kappa shape index (κ2) is 5.67. The molecule has 3 unspecified atom stereocenters. The van der Waals surface area contributed by atoms with E-state index in [4.69, 9.17) is 9.84 Å². The van der Waals surface area contributed by atoms with Crippen molar-refractivity contribution in [3.63, 3.8) is 0 Å². The SMILES string of the molecule is CCOC1CC(NC(=O)N(C)C(C)CO)C12CCC2. The maximum atomic E-state index is 12.1. The van der Waals surface area contributed by atoms with Crippen molar-refractivity contribution in [2.75, 3.05) is 20.3 Å². The predicted molar refractivity (Wildman–Crippen MR) is 72.9 cm³/mol. The van der Waals surface area contributed by atoms with Crippen LogP contribution < -0.4 is 5.32 Å². The van der Waals surface area contributed by atoms with Gasteiger partial charge >= 0.3 is 6.03 Å². The number of carbonyl (C=O) groups excluding carboxylic acids is 1. The highest BCUT2D eigenvalue weighted by molar-refractivity contribution is 5.75. The summed E-state index contributed by atoms with van der Waals surface area (Å²) >= 11 is 0. The average molecular weight is 270 g/mol. The van der Waals surface area contributed by atoms with Crippen LogP contribution in [0.15, 0.2) is 0 Å². The van der Waals surface area contributed by atoms with Crippen molar-refractivity contribution < 1.29 is 14.6 Å². The molecular weight excluding hydrogens is 244 g/mol. The Bertz CT molecular complexity index is 331. The van der Waals surface area contributed by atoms with Gasteiger partial charge in [0.2, 0.25) is 0 Å². The molecule has 3 atom stereocenters. The molecule has 2 fully saturated rings. The molecule has 5 heteroatoms. The molecule has 0 radical (unpaired) electrons. The summed E-state index contributed by atoms with van der Waals surface area (Å²) in [4.78, 5) is 13.7. The molecule has 19 heavy (non-hydrogen) atoms. The number of hydrogen-bond acceptors (Lipinski definition) is 3. The Morgan fingerprint density at radius 3 is 2.74 bits per heavy atom. The van der Waals surface area contributed by atoms with Crippen LogP contribution in [0, 0.1) is 5.41 Å². The van der Waals surface area contributed by atoms with Crippen LogP contribution in [-0.4, -0.2) is 54.5 Å². The number of carbonyl (C=O) groups is 1. The van der Waals surface area contributed by atoms with Crippen LogP contribution >= 0.6 is 0 Å². The maximum absolute atomic E-state index is 12.1. The average Bonchev–Trinajstić information content (AvgIpc) is 2.33. The molecule has 110 valence electrons. The van der Waals surface area contributed by atoms with Gasteiger partial charge in [-0.25, -0.2) is 4.79 Å². The van der Waals surface area contributed by atoms with Crippen molar-refractivity contribution in [3.05, 3.63) is 0 Å². The molecule has 0 heterocycles. The number of hydrogen-bond donors (Lipinski definition) is 2. The minimum absolute atomic E-state index is 0.0126. The van der Waals surface area contributed by atoms with Crippen LogP contribution in [-0.2, 0) is 4.74 Å². The second-order valence-electron chi connectivity index (χ2n) is 5.91. The van der Waals surface area contributed by atoms with Gasteiger partial charge in [-0.15, -0.1) is 0 Å². The summed E-state index contributed by atoms with van der Waals surface area (Å²) in [5, 5.41) is 12.2. The Morgan fingerprint density at radius 1 is 1.58 bits per heavy atom. The molecule has 0 bridgehead atoms. The highest BCUT2D eigenvalue weighted by Gasteiger charge is 2.59. The Labute approximate surface area is 115 Å². The van der Waals surface area contributed by atoms with E-state index in [9.17, 15) is 4.79 Å². The van der Waals surface area contributed by atoms with Crippen molar-refractivity contribution >= 4 is 6.03 Å². The van der Waals surface area contributed by atoms with E-state index in [0.717, 1.165) is 25.9 Å². The lowest BCUT2D eigenvalue weighted by Crippen LogP contribution is -2.68. The molecule has 2 N–H and O–H groups in total. The monoisotopic (exact) mass is 270 g/mol. The number of ether oxygens (including phenoxy) is 1. The first-order valence-corrected chi connectivity index (χ1v) is 7.31. The number of nitrogens with one attached hydrogen (secondary N) is 1. The van der Waals surface area contributed by atoms with Crippen molar-refractivity contribution in [2.24, 2.45) is 5.41 Å². The summed E-state index contributed by atoms with van der Waals surface area (Å²) in [7, 11) is 1.72. The molecular formula is C14H26N2O3. The van der Waals surface area contributed by atoms with Gasteiger partial charge in [0.05, 0.1) is 18.8 Å². The van der Waals surface area contributed by atoms with Gasteiger partial charge in [-0.05, 0) is 33.1 Å². The smallest absolute Gasteiger partial charge is 0.317 e. The summed E-state index contributed by atoms with van der Waals surface area (Å²) in [6, 6.07) is -0.00785. The molecule has 0 aromatic carbocycles. The van der Waals surface area contributed by atoms with E-state index in [1.54, 1.807) is 11.9 Å². The van der Waals surface area contributed by atoms with Gasteiger partial charge in [0.15, 0.2) is 0 Å². The zero-order valence-corrected chi connectivity index (χ0v) is 12.2. The highest BCUT2D eigenvalue weighted by atomic mass is 16.5. The summed E-state index contributed by atoms with van der Waals surface area (Å²) < 4.78 is 5.77. The van der Waals surface area contributed by atoms with E-state index in [2.05, 4.69) is 5.32 Å². The molecule has 2 saturated carbocycles. The number of rotatable bonds is 5. The first-order valence-electron chi connectivity index (χ1n) is 7.31. The molecule has 0 aromatic heterocycles. The van der Waals surface area contributed by atoms with Crippen LogP contribution in [0.3, 0.4) is 0 Å². The fourth-order valence-corrected chi connectivity index (χ4v) is 3.21. The topological polar surface area (TPSA) is 61.8 Å². The minimum Gasteiger partial charge on any atom is -0.394 e. The van der Waals surface area contributed by atoms with E-state index in [1.165, 1.54) is 6.42 Å². The Morgan fingerprint density at radius 2 is 2.26 bits per heavy atom. The Kier molecular flexibility index (Phi) is 4.36. The normalized spacial score (nSPS) is 29.3. The molecule has 0 aromatic rings. The van der Waals surface area contributed by atoms with E-state index >= 15 is 0 Å². The third-order valence-corrected chi connectivity index (χ3v) is 4.98. The zero-order chi connectivity index (χ0) is 14.0. The van der Waals surface area contributed by atoms with Gasteiger partial charge in [-0.1, -0.05) is 6.42 Å². The van der Waals surface area contributed by atoms with E-state index in [1.807, 2.05) is 13.8 Å². The molecule has 5 nitrogen and oxygen atoms in total. The fourth-order valence-electron chi connectivity index (χ4n) is 3.21. The number of amides is 2. The molecule has 0 aliphatic heterocycles. The maximum Gasteiger partial charge on any atom is 0.317 e. The van der Waals surface area contributed by atoms with Crippen molar-refractivity contribution in [1.29, 1.82) is 0 Å². The lowest BCUT2D eigenvalue weighted by atomic mass is 9.51. The van der Waals surface area contributed by atoms with Crippen molar-refractivity contribution in [3.8, 4) is 0 Å². The minimum atomic E-state index is -0.153. The first kappa shape index (κ1) is 14.6. The molecule has 2 amide bonds. The second-order valence-corrected chi connectivity index (χ2v) is 5.91. The van der Waals surface area contributed by atoms with Crippen LogP contribution in [0.1, 0.15) is 39.5 Å². The Balaban J connectivity index is 1.89. The summed E-state index contributed by atoms with van der Waals surface area (Å²) in [5.41, 5.74) is 0.189. The summed E-state index contributed by atoms with van der Waals surface area (Å²) in [6.07, 6.45) is 4.78. The predicted octanol–water partition coefficient (Wildman–Crippen LogP) is 1.36. The molecule has 1 spiro atoms. The molecule has 0 saturated heterocycles. The first-order chi connectivity index (χ1) is 9.05. The van der Waals surface area contributed by atoms with Gasteiger partial charge in [0.1, 0.15) is 0 Å². The molecule has 2 rings (SSSR count). The molecule has 2 aliphatic rings. The quantitative estimate of drug-likeness (QED) is 0.793. The summed E-state index contributed by atoms with van der Waals surface area (Å²) in [5.74, 6) is 0.